The van der Waals surface area contributed by atoms with Gasteiger partial charge in [-0.25, -0.2) is 17.6 Å². The first-order valence-corrected chi connectivity index (χ1v) is 5.97. The van der Waals surface area contributed by atoms with Crippen LogP contribution in [0.3, 0.4) is 0 Å². The molecule has 2 rings (SSSR count). The third-order valence-electron chi connectivity index (χ3n) is 2.60. The molecule has 0 aromatic heterocycles. The number of benzene rings is 2. The summed E-state index contributed by atoms with van der Waals surface area (Å²) in [5.41, 5.74) is -0.437. The highest BCUT2D eigenvalue weighted by atomic mass is 79.9. The van der Waals surface area contributed by atoms with Crippen LogP contribution in [0.4, 0.5) is 17.6 Å². The molecular formula is C13H7BrF4O. The highest BCUT2D eigenvalue weighted by molar-refractivity contribution is 9.10. The van der Waals surface area contributed by atoms with Gasteiger partial charge in [-0.05, 0) is 39.7 Å². The van der Waals surface area contributed by atoms with E-state index in [4.69, 9.17) is 0 Å². The van der Waals surface area contributed by atoms with E-state index < -0.39 is 29.4 Å². The van der Waals surface area contributed by atoms with E-state index in [1.165, 1.54) is 18.2 Å². The van der Waals surface area contributed by atoms with Crippen LogP contribution in [-0.4, -0.2) is 5.11 Å². The molecule has 1 nitrogen and oxygen atoms in total. The minimum absolute atomic E-state index is 0.104. The fourth-order valence-corrected chi connectivity index (χ4v) is 2.03. The Hall–Kier alpha value is -1.40. The summed E-state index contributed by atoms with van der Waals surface area (Å²) in [6, 6.07) is 5.40. The number of aliphatic hydroxyl groups excluding tert-OH is 1. The summed E-state index contributed by atoms with van der Waals surface area (Å²) >= 11 is 2.93. The van der Waals surface area contributed by atoms with Crippen LogP contribution in [-0.2, 0) is 0 Å². The Morgan fingerprint density at radius 3 is 2.11 bits per heavy atom. The lowest BCUT2D eigenvalue weighted by Gasteiger charge is -2.13. The molecule has 0 aliphatic heterocycles. The Morgan fingerprint density at radius 1 is 0.947 bits per heavy atom. The lowest BCUT2D eigenvalue weighted by atomic mass is 10.0. The molecule has 0 saturated carbocycles. The molecule has 0 spiro atoms. The van der Waals surface area contributed by atoms with Gasteiger partial charge in [0.25, 0.3) is 0 Å². The number of hydrogen-bond acceptors (Lipinski definition) is 1. The molecule has 19 heavy (non-hydrogen) atoms. The average Bonchev–Trinajstić information content (AvgIpc) is 2.38. The monoisotopic (exact) mass is 334 g/mol. The van der Waals surface area contributed by atoms with Gasteiger partial charge >= 0.3 is 0 Å². The highest BCUT2D eigenvalue weighted by Gasteiger charge is 2.20. The largest absolute Gasteiger partial charge is 0.384 e. The summed E-state index contributed by atoms with van der Waals surface area (Å²) in [4.78, 5) is 0. The Balaban J connectivity index is 2.50. The molecule has 6 heteroatoms. The zero-order chi connectivity index (χ0) is 14.2. The Morgan fingerprint density at radius 2 is 1.53 bits per heavy atom. The molecule has 0 heterocycles. The minimum atomic E-state index is -1.63. The van der Waals surface area contributed by atoms with Crippen molar-refractivity contribution in [3.05, 3.63) is 69.2 Å². The molecule has 100 valence electrons. The molecule has 0 saturated heterocycles. The lowest BCUT2D eigenvalue weighted by Crippen LogP contribution is -2.05. The van der Waals surface area contributed by atoms with Crippen LogP contribution >= 0.6 is 15.9 Å². The van der Waals surface area contributed by atoms with E-state index in [2.05, 4.69) is 15.9 Å². The maximum absolute atomic E-state index is 13.7. The van der Waals surface area contributed by atoms with Gasteiger partial charge in [0.15, 0.2) is 17.5 Å². The van der Waals surface area contributed by atoms with E-state index in [-0.39, 0.29) is 15.6 Å². The highest BCUT2D eigenvalue weighted by Crippen LogP contribution is 2.29. The van der Waals surface area contributed by atoms with Crippen molar-refractivity contribution in [2.24, 2.45) is 0 Å². The summed E-state index contributed by atoms with van der Waals surface area (Å²) in [5.74, 6) is -5.26. The smallest absolute Gasteiger partial charge is 0.194 e. The summed E-state index contributed by atoms with van der Waals surface area (Å²) in [6.45, 7) is 0. The molecule has 0 aliphatic rings. The Bertz CT molecular complexity index is 607. The van der Waals surface area contributed by atoms with Gasteiger partial charge in [-0.2, -0.15) is 0 Å². The Kier molecular flexibility index (Phi) is 3.91. The van der Waals surface area contributed by atoms with Crippen LogP contribution in [0, 0.1) is 23.3 Å². The summed E-state index contributed by atoms with van der Waals surface area (Å²) < 4.78 is 52.8. The molecule has 2 aromatic carbocycles. The maximum atomic E-state index is 13.7. The van der Waals surface area contributed by atoms with Crippen LogP contribution in [0.25, 0.3) is 0 Å². The molecule has 0 radical (unpaired) electrons. The van der Waals surface area contributed by atoms with Gasteiger partial charge in [0.2, 0.25) is 0 Å². The van der Waals surface area contributed by atoms with Gasteiger partial charge in [-0.15, -0.1) is 0 Å². The molecule has 0 fully saturated rings. The number of rotatable bonds is 2. The van der Waals surface area contributed by atoms with Crippen molar-refractivity contribution in [3.8, 4) is 0 Å². The normalized spacial score (nSPS) is 12.5. The first-order valence-electron chi connectivity index (χ1n) is 5.18. The zero-order valence-electron chi connectivity index (χ0n) is 9.30. The van der Waals surface area contributed by atoms with Crippen molar-refractivity contribution in [1.82, 2.24) is 0 Å². The van der Waals surface area contributed by atoms with Crippen LogP contribution in [0.2, 0.25) is 0 Å². The van der Waals surface area contributed by atoms with E-state index in [0.29, 0.717) is 12.1 Å². The quantitative estimate of drug-likeness (QED) is 0.648. The fraction of sp³-hybridized carbons (Fsp3) is 0.0769. The average molecular weight is 335 g/mol. The molecule has 2 aromatic rings. The van der Waals surface area contributed by atoms with Crippen molar-refractivity contribution in [2.45, 2.75) is 6.10 Å². The van der Waals surface area contributed by atoms with Crippen LogP contribution in [0.5, 0.6) is 0 Å². The second kappa shape index (κ2) is 5.30. The van der Waals surface area contributed by atoms with Gasteiger partial charge in [-0.1, -0.05) is 12.1 Å². The summed E-state index contributed by atoms with van der Waals surface area (Å²) in [5, 5.41) is 9.92. The fourth-order valence-electron chi connectivity index (χ4n) is 1.64. The van der Waals surface area contributed by atoms with E-state index in [1.54, 1.807) is 0 Å². The first-order chi connectivity index (χ1) is 8.91. The third-order valence-corrected chi connectivity index (χ3v) is 3.21. The minimum Gasteiger partial charge on any atom is -0.384 e. The van der Waals surface area contributed by atoms with Gasteiger partial charge in [0.05, 0.1) is 4.47 Å². The Labute approximate surface area is 114 Å². The number of aliphatic hydroxyl groups is 1. The SMILES string of the molecule is OC(c1cc(F)c(F)c(F)c1)c1cccc(Br)c1F. The standard InChI is InChI=1S/C13H7BrF4O/c14-8-3-1-2-7(11(8)17)13(19)6-4-9(15)12(18)10(16)5-6/h1-5,13,19H. The first kappa shape index (κ1) is 14.0. The van der Waals surface area contributed by atoms with Crippen molar-refractivity contribution < 1.29 is 22.7 Å². The van der Waals surface area contributed by atoms with Crippen LogP contribution in [0.1, 0.15) is 17.2 Å². The third kappa shape index (κ3) is 2.64. The predicted octanol–water partition coefficient (Wildman–Crippen LogP) is 4.09. The maximum Gasteiger partial charge on any atom is 0.194 e. The second-order valence-corrected chi connectivity index (χ2v) is 4.70. The van der Waals surface area contributed by atoms with Gasteiger partial charge in [0.1, 0.15) is 11.9 Å². The van der Waals surface area contributed by atoms with E-state index in [9.17, 15) is 22.7 Å². The van der Waals surface area contributed by atoms with E-state index in [1.807, 2.05) is 0 Å². The molecule has 0 bridgehead atoms. The molecular weight excluding hydrogens is 328 g/mol. The van der Waals surface area contributed by atoms with Crippen molar-refractivity contribution in [3.63, 3.8) is 0 Å². The van der Waals surface area contributed by atoms with Crippen LogP contribution in [0.15, 0.2) is 34.8 Å². The second-order valence-electron chi connectivity index (χ2n) is 3.84. The van der Waals surface area contributed by atoms with Crippen molar-refractivity contribution >= 4 is 15.9 Å². The molecule has 1 N–H and O–H groups in total. The van der Waals surface area contributed by atoms with Gasteiger partial charge in [0, 0.05) is 5.56 Å². The predicted molar refractivity (Wildman–Crippen MR) is 64.5 cm³/mol. The van der Waals surface area contributed by atoms with Crippen molar-refractivity contribution in [2.75, 3.05) is 0 Å². The number of hydrogen-bond donors (Lipinski definition) is 1. The van der Waals surface area contributed by atoms with Crippen LogP contribution < -0.4 is 0 Å². The zero-order valence-corrected chi connectivity index (χ0v) is 10.9. The number of halogens is 5. The van der Waals surface area contributed by atoms with Gasteiger partial charge in [-0.3, -0.25) is 0 Å². The molecule has 1 atom stereocenters. The van der Waals surface area contributed by atoms with Gasteiger partial charge < -0.3 is 5.11 Å². The van der Waals surface area contributed by atoms with Crippen molar-refractivity contribution in [1.29, 1.82) is 0 Å². The summed E-state index contributed by atoms with van der Waals surface area (Å²) in [6.07, 6.45) is -1.60. The molecule has 0 aliphatic carbocycles. The summed E-state index contributed by atoms with van der Waals surface area (Å²) in [7, 11) is 0. The van der Waals surface area contributed by atoms with E-state index in [0.717, 1.165) is 0 Å². The molecule has 0 amide bonds. The van der Waals surface area contributed by atoms with E-state index >= 15 is 0 Å². The lowest BCUT2D eigenvalue weighted by molar-refractivity contribution is 0.213. The topological polar surface area (TPSA) is 20.2 Å². The molecule has 1 unspecified atom stereocenters.